The highest BCUT2D eigenvalue weighted by atomic mass is 14.9. The third kappa shape index (κ3) is 8.54. The number of nitrogens with zero attached hydrogens (tertiary/aromatic N) is 2. The van der Waals surface area contributed by atoms with Gasteiger partial charge in [0.15, 0.2) is 24.8 Å². The highest BCUT2D eigenvalue weighted by Gasteiger charge is 2.19. The first-order chi connectivity index (χ1) is 31.8. The number of aromatic nitrogens is 2. The monoisotopic (exact) mass is 818 g/mol. The predicted molar refractivity (Wildman–Crippen MR) is 264 cm³/mol. The average molecular weight is 819 g/mol. The van der Waals surface area contributed by atoms with Crippen LogP contribution in [0.15, 0.2) is 280 Å². The predicted octanol–water partition coefficient (Wildman–Crippen LogP) is 13.9. The molecule has 0 aliphatic heterocycles. The zero-order chi connectivity index (χ0) is 42.9. The molecular weight excluding hydrogens is 773 g/mol. The van der Waals surface area contributed by atoms with Crippen molar-refractivity contribution in [3.05, 3.63) is 324 Å². The van der Waals surface area contributed by atoms with Crippen LogP contribution >= 0.6 is 0 Å². The van der Waals surface area contributed by atoms with E-state index in [0.29, 0.717) is 0 Å². The molecule has 2 heteroatoms. The molecule has 0 atom stereocenters. The Morgan fingerprint density at radius 1 is 0.188 bits per heavy atom. The summed E-state index contributed by atoms with van der Waals surface area (Å²) in [5.41, 5.74) is 18.8. The van der Waals surface area contributed by atoms with Gasteiger partial charge in [-0.05, 0) is 102 Å². The van der Waals surface area contributed by atoms with Crippen molar-refractivity contribution in [2.24, 2.45) is 0 Å². The lowest BCUT2D eigenvalue weighted by Gasteiger charge is -2.18. The van der Waals surface area contributed by atoms with Crippen molar-refractivity contribution in [3.63, 3.8) is 0 Å². The largest absolute Gasteiger partial charge is 0.210 e. The van der Waals surface area contributed by atoms with Crippen LogP contribution in [0.3, 0.4) is 0 Å². The van der Waals surface area contributed by atoms with Gasteiger partial charge in [-0.2, -0.15) is 9.13 Å². The van der Waals surface area contributed by atoms with E-state index >= 15 is 0 Å². The topological polar surface area (TPSA) is 7.76 Å². The first-order valence-electron chi connectivity index (χ1n) is 21.8. The molecule has 2 aromatic heterocycles. The number of benzene rings is 8. The van der Waals surface area contributed by atoms with Crippen molar-refractivity contribution in [2.45, 2.75) is 0 Å². The molecule has 0 unspecified atom stereocenters. The molecule has 64 heavy (non-hydrogen) atoms. The second-order valence-electron chi connectivity index (χ2n) is 15.8. The standard InChI is InChI=1S/C62H46N2/c1-7-19-49(20-8-1)59(50-21-9-2-10-22-50)61(53-27-15-5-16-28-53)55-31-35-57(36-32-55)63-43-39-47(40-44-63)48-41-45-64(46-42-48)58-37-33-56(34-38-58)62(54-29-17-6-18-30-54)60(51-23-11-3-12-24-51)52-25-13-4-14-26-52/h1-46H/q+2. The maximum Gasteiger partial charge on any atom is 0.210 e. The fourth-order valence-corrected chi connectivity index (χ4v) is 8.63. The van der Waals surface area contributed by atoms with Crippen LogP contribution in [-0.2, 0) is 0 Å². The van der Waals surface area contributed by atoms with E-state index in [1.807, 2.05) is 0 Å². The molecule has 0 spiro atoms. The maximum atomic E-state index is 2.25. The summed E-state index contributed by atoms with van der Waals surface area (Å²) in [5, 5.41) is 0. The van der Waals surface area contributed by atoms with E-state index in [0.717, 1.165) is 22.5 Å². The molecule has 302 valence electrons. The first-order valence-corrected chi connectivity index (χ1v) is 21.8. The Balaban J connectivity index is 0.920. The van der Waals surface area contributed by atoms with E-state index < -0.39 is 0 Å². The summed E-state index contributed by atoms with van der Waals surface area (Å²) < 4.78 is 4.36. The summed E-state index contributed by atoms with van der Waals surface area (Å²) in [4.78, 5) is 0. The molecule has 2 nitrogen and oxygen atoms in total. The van der Waals surface area contributed by atoms with Crippen LogP contribution in [0.25, 0.3) is 44.8 Å². The van der Waals surface area contributed by atoms with Crippen molar-refractivity contribution in [2.75, 3.05) is 0 Å². The molecule has 8 aromatic carbocycles. The van der Waals surface area contributed by atoms with Gasteiger partial charge in [-0.25, -0.2) is 0 Å². The number of hydrogen-bond donors (Lipinski definition) is 0. The van der Waals surface area contributed by atoms with Crippen LogP contribution in [0, 0.1) is 0 Å². The van der Waals surface area contributed by atoms with Gasteiger partial charge in [-0.1, -0.05) is 182 Å². The number of hydrogen-bond acceptors (Lipinski definition) is 0. The van der Waals surface area contributed by atoms with E-state index in [2.05, 4.69) is 289 Å². The van der Waals surface area contributed by atoms with Crippen LogP contribution < -0.4 is 9.13 Å². The minimum absolute atomic E-state index is 1.10. The smallest absolute Gasteiger partial charge is 0.167 e. The molecular formula is C62H46N2+2. The zero-order valence-corrected chi connectivity index (χ0v) is 35.5. The van der Waals surface area contributed by atoms with Gasteiger partial charge in [0, 0.05) is 48.5 Å². The highest BCUT2D eigenvalue weighted by molar-refractivity contribution is 6.05. The Bertz CT molecular complexity index is 2840. The van der Waals surface area contributed by atoms with E-state index in [9.17, 15) is 0 Å². The van der Waals surface area contributed by atoms with Gasteiger partial charge in [-0.3, -0.25) is 0 Å². The molecule has 0 saturated heterocycles. The van der Waals surface area contributed by atoms with E-state index in [4.69, 9.17) is 0 Å². The molecule has 10 rings (SSSR count). The van der Waals surface area contributed by atoms with Crippen LogP contribution in [-0.4, -0.2) is 0 Å². The Hall–Kier alpha value is -8.46. The lowest BCUT2D eigenvalue weighted by Crippen LogP contribution is -2.29. The SMILES string of the molecule is c1ccc(C(=C(c2ccccc2)c2ccc(-[n+]3ccc(-c4cc[n+](-c5ccc(C(=C(c6ccccc6)c6ccccc6)c6ccccc6)cc5)cc4)cc3)cc2)c2ccccc2)cc1. The van der Waals surface area contributed by atoms with Gasteiger partial charge >= 0.3 is 0 Å². The van der Waals surface area contributed by atoms with Crippen molar-refractivity contribution in [1.82, 2.24) is 0 Å². The Morgan fingerprint density at radius 2 is 0.375 bits per heavy atom. The van der Waals surface area contributed by atoms with Crippen molar-refractivity contribution in [3.8, 4) is 22.5 Å². The summed E-state index contributed by atoms with van der Waals surface area (Å²) in [7, 11) is 0. The summed E-state index contributed by atoms with van der Waals surface area (Å²) in [6.45, 7) is 0. The lowest BCUT2D eigenvalue weighted by atomic mass is 9.86. The highest BCUT2D eigenvalue weighted by Crippen LogP contribution is 2.38. The van der Waals surface area contributed by atoms with Crippen LogP contribution in [0.4, 0.5) is 0 Å². The molecule has 0 aliphatic carbocycles. The molecule has 0 bridgehead atoms. The molecule has 0 fully saturated rings. The average Bonchev–Trinajstić information content (AvgIpc) is 3.39. The van der Waals surface area contributed by atoms with Gasteiger partial charge in [0.1, 0.15) is 0 Å². The molecule has 0 N–H and O–H groups in total. The Morgan fingerprint density at radius 3 is 0.578 bits per heavy atom. The minimum atomic E-state index is 1.10. The summed E-state index contributed by atoms with van der Waals surface area (Å²) in [6.07, 6.45) is 8.59. The Kier molecular flexibility index (Phi) is 11.6. The molecule has 0 amide bonds. The van der Waals surface area contributed by atoms with Crippen LogP contribution in [0.2, 0.25) is 0 Å². The normalized spacial score (nSPS) is 10.8. The quantitative estimate of drug-likeness (QED) is 0.0907. The summed E-state index contributed by atoms with van der Waals surface area (Å²) in [6, 6.07) is 90.9. The Labute approximate surface area is 376 Å². The van der Waals surface area contributed by atoms with Gasteiger partial charge in [0.05, 0.1) is 0 Å². The molecule has 2 heterocycles. The molecule has 0 aliphatic rings. The van der Waals surface area contributed by atoms with E-state index in [1.165, 1.54) is 66.8 Å². The van der Waals surface area contributed by atoms with Gasteiger partial charge in [0.2, 0.25) is 11.4 Å². The number of rotatable bonds is 11. The van der Waals surface area contributed by atoms with E-state index in [1.54, 1.807) is 0 Å². The van der Waals surface area contributed by atoms with Crippen molar-refractivity contribution < 1.29 is 9.13 Å². The maximum absolute atomic E-state index is 2.25. The fourth-order valence-electron chi connectivity index (χ4n) is 8.63. The molecule has 0 saturated carbocycles. The summed E-state index contributed by atoms with van der Waals surface area (Å²) in [5.74, 6) is 0. The third-order valence-corrected chi connectivity index (χ3v) is 11.8. The van der Waals surface area contributed by atoms with Gasteiger partial charge < -0.3 is 0 Å². The fraction of sp³-hybridized carbons (Fsp3) is 0. The van der Waals surface area contributed by atoms with Crippen LogP contribution in [0.1, 0.15) is 44.5 Å². The van der Waals surface area contributed by atoms with Gasteiger partial charge in [0.25, 0.3) is 0 Å². The summed E-state index contributed by atoms with van der Waals surface area (Å²) >= 11 is 0. The van der Waals surface area contributed by atoms with Crippen LogP contribution in [0.5, 0.6) is 0 Å². The second-order valence-corrected chi connectivity index (χ2v) is 15.8. The third-order valence-electron chi connectivity index (χ3n) is 11.8. The lowest BCUT2D eigenvalue weighted by molar-refractivity contribution is -0.596. The number of pyridine rings is 2. The second kappa shape index (κ2) is 18.7. The van der Waals surface area contributed by atoms with Gasteiger partial charge in [-0.15, -0.1) is 0 Å². The van der Waals surface area contributed by atoms with Crippen molar-refractivity contribution >= 4 is 22.3 Å². The van der Waals surface area contributed by atoms with Crippen molar-refractivity contribution in [1.29, 1.82) is 0 Å². The zero-order valence-electron chi connectivity index (χ0n) is 35.5. The van der Waals surface area contributed by atoms with E-state index in [-0.39, 0.29) is 0 Å². The molecule has 0 radical (unpaired) electrons. The molecule has 10 aromatic rings. The first kappa shape index (κ1) is 39.7. The minimum Gasteiger partial charge on any atom is -0.167 e.